The maximum Gasteiger partial charge on any atom is 0.311 e. The van der Waals surface area contributed by atoms with Crippen LogP contribution >= 0.6 is 0 Å². The fourth-order valence-electron chi connectivity index (χ4n) is 4.29. The summed E-state index contributed by atoms with van der Waals surface area (Å²) >= 11 is 0. The van der Waals surface area contributed by atoms with E-state index >= 15 is 0 Å². The average molecular weight is 405 g/mol. The Morgan fingerprint density at radius 2 is 1.57 bits per heavy atom. The van der Waals surface area contributed by atoms with Gasteiger partial charge in [0.05, 0.1) is 5.41 Å². The van der Waals surface area contributed by atoms with E-state index < -0.39 is 63.8 Å². The van der Waals surface area contributed by atoms with Gasteiger partial charge in [-0.25, -0.2) is 22.0 Å². The molecule has 2 aliphatic carbocycles. The summed E-state index contributed by atoms with van der Waals surface area (Å²) in [6, 6.07) is 0. The molecule has 2 aliphatic rings. The molecule has 2 atom stereocenters. The first-order chi connectivity index (χ1) is 13.1. The number of benzene rings is 1. The number of hydrogen-bond donors (Lipinski definition) is 1. The number of aliphatic carboxylic acids is 1. The van der Waals surface area contributed by atoms with Gasteiger partial charge < -0.3 is 9.94 Å². The summed E-state index contributed by atoms with van der Waals surface area (Å²) < 4.78 is 68.5. The third kappa shape index (κ3) is 2.95. The quantitative estimate of drug-likeness (QED) is 0.248. The summed E-state index contributed by atoms with van der Waals surface area (Å²) in [5.74, 6) is -12.7. The molecule has 1 aromatic carbocycles. The van der Waals surface area contributed by atoms with Crippen molar-refractivity contribution >= 4 is 12.2 Å². The third-order valence-electron chi connectivity index (χ3n) is 6.23. The van der Waals surface area contributed by atoms with Crippen LogP contribution in [-0.4, -0.2) is 23.4 Å². The van der Waals surface area contributed by atoms with Gasteiger partial charge in [-0.3, -0.25) is 4.79 Å². The number of oxime groups is 1. The molecule has 1 aromatic rings. The summed E-state index contributed by atoms with van der Waals surface area (Å²) in [7, 11) is 0. The molecular formula is C19H20F5NO3. The lowest BCUT2D eigenvalue weighted by atomic mass is 9.88. The van der Waals surface area contributed by atoms with Gasteiger partial charge in [-0.15, -0.1) is 0 Å². The molecular weight excluding hydrogens is 385 g/mol. The zero-order chi connectivity index (χ0) is 20.9. The van der Waals surface area contributed by atoms with E-state index in [1.807, 2.05) is 0 Å². The van der Waals surface area contributed by atoms with Crippen LogP contribution in [0.15, 0.2) is 5.16 Å². The van der Waals surface area contributed by atoms with Crippen molar-refractivity contribution in [3.8, 4) is 0 Å². The number of carbonyl (C=O) groups is 1. The van der Waals surface area contributed by atoms with Crippen molar-refractivity contribution < 1.29 is 36.7 Å². The van der Waals surface area contributed by atoms with Gasteiger partial charge in [0.2, 0.25) is 5.82 Å². The second kappa shape index (κ2) is 7.00. The molecule has 0 saturated heterocycles. The van der Waals surface area contributed by atoms with E-state index in [4.69, 9.17) is 4.84 Å². The number of carboxylic acids is 1. The summed E-state index contributed by atoms with van der Waals surface area (Å²) in [6.45, 7) is 3.08. The van der Waals surface area contributed by atoms with Crippen molar-refractivity contribution in [1.29, 1.82) is 0 Å². The average Bonchev–Trinajstić information content (AvgIpc) is 2.97. The van der Waals surface area contributed by atoms with Crippen LogP contribution in [0, 0.1) is 45.8 Å². The van der Waals surface area contributed by atoms with Crippen LogP contribution in [-0.2, 0) is 16.1 Å². The Bertz CT molecular complexity index is 806. The van der Waals surface area contributed by atoms with Crippen molar-refractivity contribution in [1.82, 2.24) is 0 Å². The molecule has 0 aliphatic heterocycles. The minimum Gasteiger partial charge on any atom is -0.481 e. The second-order valence-corrected chi connectivity index (χ2v) is 7.97. The molecule has 0 amide bonds. The van der Waals surface area contributed by atoms with Crippen molar-refractivity contribution in [3.63, 3.8) is 0 Å². The van der Waals surface area contributed by atoms with Gasteiger partial charge in [0.15, 0.2) is 23.3 Å². The highest BCUT2D eigenvalue weighted by Crippen LogP contribution is 2.69. The Morgan fingerprint density at radius 3 is 2.07 bits per heavy atom. The SMILES string of the molecule is CC1(C)C(C=NOC2CCCC2)C1(Cc1c(F)c(F)c(F)c(F)c1F)C(=O)O. The first kappa shape index (κ1) is 20.5. The largest absolute Gasteiger partial charge is 0.481 e. The number of rotatable bonds is 6. The summed E-state index contributed by atoms with van der Waals surface area (Å²) in [4.78, 5) is 17.3. The Hall–Kier alpha value is -2.19. The predicted octanol–water partition coefficient (Wildman–Crippen LogP) is 4.60. The molecule has 0 aromatic heterocycles. The van der Waals surface area contributed by atoms with E-state index in [0.717, 1.165) is 25.7 Å². The first-order valence-corrected chi connectivity index (χ1v) is 8.98. The minimum atomic E-state index is -2.28. The highest BCUT2D eigenvalue weighted by atomic mass is 19.2. The van der Waals surface area contributed by atoms with E-state index in [1.165, 1.54) is 6.21 Å². The van der Waals surface area contributed by atoms with Gasteiger partial charge >= 0.3 is 5.97 Å². The molecule has 3 rings (SSSR count). The van der Waals surface area contributed by atoms with Crippen LogP contribution < -0.4 is 0 Å². The predicted molar refractivity (Wildman–Crippen MR) is 89.1 cm³/mol. The Morgan fingerprint density at radius 1 is 1.07 bits per heavy atom. The molecule has 2 saturated carbocycles. The third-order valence-corrected chi connectivity index (χ3v) is 6.23. The van der Waals surface area contributed by atoms with Crippen LogP contribution in [0.3, 0.4) is 0 Å². The van der Waals surface area contributed by atoms with E-state index in [2.05, 4.69) is 5.16 Å². The molecule has 2 fully saturated rings. The molecule has 0 heterocycles. The summed E-state index contributed by atoms with van der Waals surface area (Å²) in [6.07, 6.45) is 4.02. The zero-order valence-corrected chi connectivity index (χ0v) is 15.4. The first-order valence-electron chi connectivity index (χ1n) is 8.98. The van der Waals surface area contributed by atoms with Crippen LogP contribution in [0.1, 0.15) is 45.1 Å². The van der Waals surface area contributed by atoms with Crippen molar-refractivity contribution in [2.45, 2.75) is 52.1 Å². The van der Waals surface area contributed by atoms with Gasteiger partial charge in [0.25, 0.3) is 0 Å². The lowest BCUT2D eigenvalue weighted by Gasteiger charge is -2.17. The lowest BCUT2D eigenvalue weighted by Crippen LogP contribution is -2.26. The molecule has 4 nitrogen and oxygen atoms in total. The number of hydrogen-bond acceptors (Lipinski definition) is 3. The number of halogens is 5. The Kier molecular flexibility index (Phi) is 5.14. The molecule has 0 bridgehead atoms. The monoisotopic (exact) mass is 405 g/mol. The smallest absolute Gasteiger partial charge is 0.311 e. The fourth-order valence-corrected chi connectivity index (χ4v) is 4.29. The second-order valence-electron chi connectivity index (χ2n) is 7.97. The van der Waals surface area contributed by atoms with Gasteiger partial charge in [-0.2, -0.15) is 0 Å². The molecule has 1 N–H and O–H groups in total. The number of carboxylic acid groups (broad SMARTS) is 1. The molecule has 2 unspecified atom stereocenters. The normalized spacial score (nSPS) is 26.8. The van der Waals surface area contributed by atoms with Crippen molar-refractivity contribution in [2.24, 2.45) is 21.9 Å². The molecule has 154 valence electrons. The van der Waals surface area contributed by atoms with Crippen LogP contribution in [0.2, 0.25) is 0 Å². The Labute approximate surface area is 158 Å². The Balaban J connectivity index is 1.91. The summed E-state index contributed by atoms with van der Waals surface area (Å²) in [5.41, 5.74) is -3.94. The van der Waals surface area contributed by atoms with E-state index in [0.29, 0.717) is 0 Å². The van der Waals surface area contributed by atoms with Crippen molar-refractivity contribution in [3.05, 3.63) is 34.6 Å². The van der Waals surface area contributed by atoms with Crippen LogP contribution in [0.5, 0.6) is 0 Å². The number of nitrogens with zero attached hydrogens (tertiary/aromatic N) is 1. The van der Waals surface area contributed by atoms with Gasteiger partial charge in [0, 0.05) is 17.7 Å². The molecule has 9 heteroatoms. The van der Waals surface area contributed by atoms with E-state index in [1.54, 1.807) is 13.8 Å². The molecule has 28 heavy (non-hydrogen) atoms. The van der Waals surface area contributed by atoms with E-state index in [-0.39, 0.29) is 6.10 Å². The lowest BCUT2D eigenvalue weighted by molar-refractivity contribution is -0.145. The van der Waals surface area contributed by atoms with Crippen LogP contribution in [0.4, 0.5) is 22.0 Å². The minimum absolute atomic E-state index is 0.0625. The van der Waals surface area contributed by atoms with E-state index in [9.17, 15) is 31.9 Å². The van der Waals surface area contributed by atoms with Crippen LogP contribution in [0.25, 0.3) is 0 Å². The highest BCUT2D eigenvalue weighted by Gasteiger charge is 2.75. The fraction of sp³-hybridized carbons (Fsp3) is 0.579. The zero-order valence-electron chi connectivity index (χ0n) is 15.4. The molecule has 0 radical (unpaired) electrons. The maximum absolute atomic E-state index is 14.1. The van der Waals surface area contributed by atoms with Crippen molar-refractivity contribution in [2.75, 3.05) is 0 Å². The van der Waals surface area contributed by atoms with Gasteiger partial charge in [-0.1, -0.05) is 19.0 Å². The van der Waals surface area contributed by atoms with Gasteiger partial charge in [-0.05, 0) is 37.5 Å². The standard InChI is InChI=1S/C19H20F5NO3/c1-18(2)11(8-25-28-9-5-3-4-6-9)19(18,17(26)27)7-10-12(20)14(22)16(24)15(23)13(10)21/h8-9,11H,3-7H2,1-2H3,(H,26,27). The van der Waals surface area contributed by atoms with Gasteiger partial charge in [0.1, 0.15) is 6.10 Å². The molecule has 0 spiro atoms. The highest BCUT2D eigenvalue weighted by molar-refractivity contribution is 5.89. The summed E-state index contributed by atoms with van der Waals surface area (Å²) in [5, 5.41) is 13.6. The topological polar surface area (TPSA) is 58.9 Å². The maximum atomic E-state index is 14.1.